The fourth-order valence-corrected chi connectivity index (χ4v) is 4.33. The summed E-state index contributed by atoms with van der Waals surface area (Å²) in [4.78, 5) is 7.45. The first-order valence-corrected chi connectivity index (χ1v) is 9.76. The van der Waals surface area contributed by atoms with Crippen LogP contribution in [-0.2, 0) is 4.74 Å². The third-order valence-corrected chi connectivity index (χ3v) is 5.71. The molecule has 3 aromatic rings. The Morgan fingerprint density at radius 3 is 3.04 bits per heavy atom. The molecule has 0 saturated carbocycles. The Kier molecular flexibility index (Phi) is 4.33. The van der Waals surface area contributed by atoms with Crippen LogP contribution in [0.15, 0.2) is 34.9 Å². The molecule has 0 aliphatic carbocycles. The second-order valence-electron chi connectivity index (χ2n) is 7.71. The summed E-state index contributed by atoms with van der Waals surface area (Å²) in [6, 6.07) is 7.67. The minimum atomic E-state index is 0.412. The van der Waals surface area contributed by atoms with E-state index in [0.29, 0.717) is 17.7 Å². The van der Waals surface area contributed by atoms with Gasteiger partial charge in [0.2, 0.25) is 0 Å². The van der Waals surface area contributed by atoms with Crippen LogP contribution in [0.5, 0.6) is 0 Å². The number of nitrogens with two attached hydrogens (primary N) is 1. The van der Waals surface area contributed by atoms with E-state index < -0.39 is 0 Å². The standard InChI is InChI=1S/C20H25N5O2/c21-19-9-16(15-3-1-6-24(12-15)11-14-5-8-26-13-14)22-20-10-17(23-25(19)20)18-4-2-7-27-18/h2,4,7,9-10,14-15H,1,3,5-6,8,11-13,21H2. The normalized spacial score (nSPS) is 24.0. The van der Waals surface area contributed by atoms with E-state index in [2.05, 4.69) is 10.00 Å². The van der Waals surface area contributed by atoms with Crippen molar-refractivity contribution in [1.29, 1.82) is 0 Å². The van der Waals surface area contributed by atoms with Crippen molar-refractivity contribution >= 4 is 11.5 Å². The number of hydrogen-bond donors (Lipinski definition) is 1. The van der Waals surface area contributed by atoms with Gasteiger partial charge in [-0.3, -0.25) is 0 Å². The van der Waals surface area contributed by atoms with E-state index in [1.807, 2.05) is 24.3 Å². The van der Waals surface area contributed by atoms with Gasteiger partial charge in [0.25, 0.3) is 0 Å². The smallest absolute Gasteiger partial charge is 0.158 e. The average Bonchev–Trinajstić information content (AvgIpc) is 3.43. The number of aromatic nitrogens is 3. The van der Waals surface area contributed by atoms with Gasteiger partial charge in [-0.2, -0.15) is 9.61 Å². The quantitative estimate of drug-likeness (QED) is 0.764. The second-order valence-corrected chi connectivity index (χ2v) is 7.71. The highest BCUT2D eigenvalue weighted by atomic mass is 16.5. The fraction of sp³-hybridized carbons (Fsp3) is 0.500. The monoisotopic (exact) mass is 367 g/mol. The van der Waals surface area contributed by atoms with E-state index in [0.717, 1.165) is 55.5 Å². The average molecular weight is 367 g/mol. The largest absolute Gasteiger partial charge is 0.463 e. The van der Waals surface area contributed by atoms with Crippen LogP contribution in [0.25, 0.3) is 17.1 Å². The zero-order valence-corrected chi connectivity index (χ0v) is 15.4. The molecule has 5 heterocycles. The zero-order valence-electron chi connectivity index (χ0n) is 15.4. The van der Waals surface area contributed by atoms with E-state index in [-0.39, 0.29) is 0 Å². The van der Waals surface area contributed by atoms with Gasteiger partial charge in [0.15, 0.2) is 11.4 Å². The van der Waals surface area contributed by atoms with Gasteiger partial charge in [-0.15, -0.1) is 0 Å². The lowest BCUT2D eigenvalue weighted by molar-refractivity contribution is 0.149. The molecule has 2 atom stereocenters. The number of furan rings is 1. The highest BCUT2D eigenvalue weighted by molar-refractivity contribution is 5.61. The SMILES string of the molecule is Nc1cc(C2CCCN(CC3CCOC3)C2)nc2cc(-c3ccco3)nn12. The third-order valence-electron chi connectivity index (χ3n) is 5.71. The van der Waals surface area contributed by atoms with Crippen molar-refractivity contribution in [2.24, 2.45) is 5.92 Å². The summed E-state index contributed by atoms with van der Waals surface area (Å²) >= 11 is 0. The molecule has 0 spiro atoms. The van der Waals surface area contributed by atoms with E-state index in [1.165, 1.54) is 19.4 Å². The van der Waals surface area contributed by atoms with Crippen LogP contribution in [0.3, 0.4) is 0 Å². The Hall–Kier alpha value is -2.38. The minimum Gasteiger partial charge on any atom is -0.463 e. The van der Waals surface area contributed by atoms with E-state index in [1.54, 1.807) is 10.8 Å². The number of likely N-dealkylation sites (tertiary alicyclic amines) is 1. The number of hydrogen-bond acceptors (Lipinski definition) is 6. The molecule has 7 nitrogen and oxygen atoms in total. The molecule has 2 aliphatic rings. The summed E-state index contributed by atoms with van der Waals surface area (Å²) in [5.74, 6) is 2.43. The highest BCUT2D eigenvalue weighted by Gasteiger charge is 2.26. The van der Waals surface area contributed by atoms with Crippen LogP contribution >= 0.6 is 0 Å². The maximum atomic E-state index is 6.30. The molecular formula is C20H25N5O2. The van der Waals surface area contributed by atoms with Gasteiger partial charge in [-0.25, -0.2) is 4.98 Å². The number of piperidine rings is 1. The van der Waals surface area contributed by atoms with Crippen LogP contribution < -0.4 is 5.73 Å². The maximum absolute atomic E-state index is 6.30. The Balaban J connectivity index is 1.38. The molecule has 2 saturated heterocycles. The Morgan fingerprint density at radius 1 is 1.26 bits per heavy atom. The van der Waals surface area contributed by atoms with Crippen molar-refractivity contribution in [3.8, 4) is 11.5 Å². The van der Waals surface area contributed by atoms with Crippen LogP contribution in [0.4, 0.5) is 5.82 Å². The topological polar surface area (TPSA) is 81.8 Å². The molecule has 0 amide bonds. The molecule has 7 heteroatoms. The van der Waals surface area contributed by atoms with Crippen molar-refractivity contribution in [2.45, 2.75) is 25.2 Å². The molecule has 27 heavy (non-hydrogen) atoms. The van der Waals surface area contributed by atoms with Crippen LogP contribution in [0.2, 0.25) is 0 Å². The van der Waals surface area contributed by atoms with Crippen molar-refractivity contribution in [1.82, 2.24) is 19.5 Å². The van der Waals surface area contributed by atoms with Crippen LogP contribution in [0.1, 0.15) is 30.9 Å². The van der Waals surface area contributed by atoms with Crippen molar-refractivity contribution in [3.05, 3.63) is 36.2 Å². The van der Waals surface area contributed by atoms with E-state index >= 15 is 0 Å². The predicted octanol–water partition coefficient (Wildman–Crippen LogP) is 2.79. The molecule has 5 rings (SSSR count). The Labute approximate surface area is 158 Å². The summed E-state index contributed by atoms with van der Waals surface area (Å²) in [6.45, 7) is 5.15. The number of rotatable bonds is 4. The summed E-state index contributed by atoms with van der Waals surface area (Å²) < 4.78 is 12.7. The molecule has 2 unspecified atom stereocenters. The van der Waals surface area contributed by atoms with E-state index in [4.69, 9.17) is 19.9 Å². The van der Waals surface area contributed by atoms with Gasteiger partial charge in [0.1, 0.15) is 11.5 Å². The van der Waals surface area contributed by atoms with E-state index in [9.17, 15) is 0 Å². The van der Waals surface area contributed by atoms with Gasteiger partial charge in [0.05, 0.1) is 18.6 Å². The summed E-state index contributed by atoms with van der Waals surface area (Å²) in [5.41, 5.74) is 8.89. The number of anilines is 1. The lowest BCUT2D eigenvalue weighted by atomic mass is 9.93. The Morgan fingerprint density at radius 2 is 2.22 bits per heavy atom. The van der Waals surface area contributed by atoms with Crippen molar-refractivity contribution in [2.75, 3.05) is 38.6 Å². The van der Waals surface area contributed by atoms with Crippen LogP contribution in [-0.4, -0.2) is 52.3 Å². The molecule has 2 fully saturated rings. The van der Waals surface area contributed by atoms with Gasteiger partial charge in [-0.05, 0) is 43.9 Å². The molecule has 2 N–H and O–H groups in total. The minimum absolute atomic E-state index is 0.412. The van der Waals surface area contributed by atoms with Crippen LogP contribution in [0, 0.1) is 5.92 Å². The lowest BCUT2D eigenvalue weighted by Gasteiger charge is -2.33. The highest BCUT2D eigenvalue weighted by Crippen LogP contribution is 2.29. The summed E-state index contributed by atoms with van der Waals surface area (Å²) in [5, 5.41) is 4.54. The molecule has 142 valence electrons. The molecule has 3 aromatic heterocycles. The first-order valence-electron chi connectivity index (χ1n) is 9.76. The molecular weight excluding hydrogens is 342 g/mol. The molecule has 0 aromatic carbocycles. The fourth-order valence-electron chi connectivity index (χ4n) is 4.33. The number of nitrogens with zero attached hydrogens (tertiary/aromatic N) is 4. The predicted molar refractivity (Wildman–Crippen MR) is 102 cm³/mol. The number of fused-ring (bicyclic) bond motifs is 1. The second kappa shape index (κ2) is 6.98. The maximum Gasteiger partial charge on any atom is 0.158 e. The van der Waals surface area contributed by atoms with Gasteiger partial charge >= 0.3 is 0 Å². The summed E-state index contributed by atoms with van der Waals surface area (Å²) in [7, 11) is 0. The van der Waals surface area contributed by atoms with Gasteiger partial charge < -0.3 is 19.8 Å². The molecule has 2 aliphatic heterocycles. The number of nitrogen functional groups attached to an aromatic ring is 1. The first kappa shape index (κ1) is 16.8. The first-order chi connectivity index (χ1) is 13.3. The molecule has 0 radical (unpaired) electrons. The van der Waals surface area contributed by atoms with Gasteiger partial charge in [-0.1, -0.05) is 0 Å². The van der Waals surface area contributed by atoms with Gasteiger partial charge in [0, 0.05) is 37.7 Å². The third kappa shape index (κ3) is 3.33. The van der Waals surface area contributed by atoms with Crippen molar-refractivity contribution < 1.29 is 9.15 Å². The number of ether oxygens (including phenoxy) is 1. The molecule has 0 bridgehead atoms. The zero-order chi connectivity index (χ0) is 18.2. The van der Waals surface area contributed by atoms with Crippen molar-refractivity contribution in [3.63, 3.8) is 0 Å². The summed E-state index contributed by atoms with van der Waals surface area (Å²) in [6.07, 6.45) is 5.18. The lowest BCUT2D eigenvalue weighted by Crippen LogP contribution is -2.38. The Bertz CT molecular complexity index is 914.